The molecule has 0 radical (unpaired) electrons. The molecule has 12 heavy (non-hydrogen) atoms. The molecule has 3 nitrogen and oxygen atoms in total. The van der Waals surface area contributed by atoms with Crippen LogP contribution >= 0.6 is 22.6 Å². The molecule has 0 aromatic carbocycles. The van der Waals surface area contributed by atoms with Crippen molar-refractivity contribution in [3.63, 3.8) is 0 Å². The third kappa shape index (κ3) is 5.77. The minimum Gasteiger partial charge on any atom is -0.457 e. The largest absolute Gasteiger partial charge is 0.457 e. The van der Waals surface area contributed by atoms with Gasteiger partial charge < -0.3 is 9.22 Å². The predicted molar refractivity (Wildman–Crippen MR) is 57.1 cm³/mol. The summed E-state index contributed by atoms with van der Waals surface area (Å²) in [6.45, 7) is 4.23. The number of hydrogen-bond acceptors (Lipinski definition) is 2. The van der Waals surface area contributed by atoms with Gasteiger partial charge in [0.1, 0.15) is 17.2 Å². The average Bonchev–Trinajstić information content (AvgIpc) is 1.84. The van der Waals surface area contributed by atoms with E-state index in [0.717, 1.165) is 15.6 Å². The fraction of sp³-hybridized carbons (Fsp3) is 0.875. The van der Waals surface area contributed by atoms with E-state index in [1.807, 2.05) is 6.92 Å². The Bertz CT molecular complexity index is 159. The van der Waals surface area contributed by atoms with Gasteiger partial charge in [-0.05, 0) is 29.5 Å². The number of halogens is 1. The number of rotatable bonds is 4. The zero-order valence-corrected chi connectivity index (χ0v) is 10.3. The number of esters is 1. The first kappa shape index (κ1) is 12.2. The zero-order chi connectivity index (χ0) is 9.78. The first-order valence-corrected chi connectivity index (χ1v) is 5.45. The zero-order valence-electron chi connectivity index (χ0n) is 8.13. The molecule has 0 aromatic heterocycles. The molecule has 0 heterocycles. The fourth-order valence-electron chi connectivity index (χ4n) is 1.07. The Hall–Kier alpha value is 0.160. The molecular formula is C8H17INO2+. The van der Waals surface area contributed by atoms with Crippen molar-refractivity contribution in [3.8, 4) is 0 Å². The summed E-state index contributed by atoms with van der Waals surface area (Å²) in [7, 11) is 4.23. The van der Waals surface area contributed by atoms with Gasteiger partial charge in [-0.15, -0.1) is 0 Å². The number of ether oxygens (including phenoxy) is 1. The number of nitrogens with zero attached hydrogens (tertiary/aromatic N) is 1. The van der Waals surface area contributed by atoms with Crippen LogP contribution < -0.4 is 0 Å². The minimum absolute atomic E-state index is 0.00673. The number of carbonyl (C=O) groups is 1. The van der Waals surface area contributed by atoms with E-state index >= 15 is 0 Å². The van der Waals surface area contributed by atoms with Gasteiger partial charge in [0.2, 0.25) is 0 Å². The smallest absolute Gasteiger partial charge is 0.303 e. The lowest BCUT2D eigenvalue weighted by atomic mass is 10.3. The molecule has 4 heteroatoms. The van der Waals surface area contributed by atoms with Crippen molar-refractivity contribution in [2.24, 2.45) is 0 Å². The number of alkyl halides is 1. The normalized spacial score (nSPS) is 14.1. The molecule has 0 saturated heterocycles. The van der Waals surface area contributed by atoms with E-state index in [1.165, 1.54) is 6.92 Å². The van der Waals surface area contributed by atoms with Crippen molar-refractivity contribution in [1.82, 2.24) is 0 Å². The second-order valence-electron chi connectivity index (χ2n) is 3.66. The summed E-state index contributed by atoms with van der Waals surface area (Å²) in [5.41, 5.74) is 0. The van der Waals surface area contributed by atoms with Crippen molar-refractivity contribution in [1.29, 1.82) is 0 Å². The highest BCUT2D eigenvalue weighted by Gasteiger charge is 2.19. The second-order valence-corrected chi connectivity index (χ2v) is 4.34. The van der Waals surface area contributed by atoms with Gasteiger partial charge >= 0.3 is 5.97 Å². The molecular weight excluding hydrogens is 269 g/mol. The third-order valence-corrected chi connectivity index (χ3v) is 3.29. The van der Waals surface area contributed by atoms with Crippen molar-refractivity contribution in [3.05, 3.63) is 0 Å². The van der Waals surface area contributed by atoms with Gasteiger partial charge in [0.25, 0.3) is 0 Å². The Morgan fingerprint density at radius 2 is 2.08 bits per heavy atom. The molecule has 0 aliphatic heterocycles. The molecule has 0 bridgehead atoms. The van der Waals surface area contributed by atoms with Crippen molar-refractivity contribution >= 4 is 28.6 Å². The maximum absolute atomic E-state index is 10.6. The van der Waals surface area contributed by atoms with E-state index in [2.05, 4.69) is 36.7 Å². The maximum Gasteiger partial charge on any atom is 0.303 e. The molecule has 1 unspecified atom stereocenters. The lowest BCUT2D eigenvalue weighted by molar-refractivity contribution is -0.877. The summed E-state index contributed by atoms with van der Waals surface area (Å²) in [6, 6.07) is 0. The van der Waals surface area contributed by atoms with Crippen LogP contribution in [0, 0.1) is 0 Å². The number of likely N-dealkylation sites (N-methyl/N-ethyl adjacent to an activating group) is 1. The van der Waals surface area contributed by atoms with Crippen LogP contribution in [0.5, 0.6) is 0 Å². The van der Waals surface area contributed by atoms with Gasteiger partial charge in [0.15, 0.2) is 0 Å². The lowest BCUT2D eigenvalue weighted by Gasteiger charge is -2.29. The van der Waals surface area contributed by atoms with E-state index in [1.54, 1.807) is 0 Å². The molecule has 0 saturated carbocycles. The van der Waals surface area contributed by atoms with E-state index < -0.39 is 0 Å². The van der Waals surface area contributed by atoms with Crippen LogP contribution in [0.1, 0.15) is 13.8 Å². The summed E-state index contributed by atoms with van der Waals surface area (Å²) in [4.78, 5) is 10.6. The maximum atomic E-state index is 10.6. The van der Waals surface area contributed by atoms with Crippen molar-refractivity contribution in [2.75, 3.05) is 25.2 Å². The van der Waals surface area contributed by atoms with Crippen LogP contribution in [-0.4, -0.2) is 41.7 Å². The Morgan fingerprint density at radius 3 is 2.42 bits per heavy atom. The highest BCUT2D eigenvalue weighted by atomic mass is 127. The number of quaternary nitrogens is 1. The van der Waals surface area contributed by atoms with Gasteiger partial charge in [-0.2, -0.15) is 0 Å². The molecule has 0 N–H and O–H groups in total. The van der Waals surface area contributed by atoms with Gasteiger partial charge in [-0.3, -0.25) is 4.79 Å². The summed E-state index contributed by atoms with van der Waals surface area (Å²) < 4.78 is 6.92. The van der Waals surface area contributed by atoms with Gasteiger partial charge in [0.05, 0.1) is 14.1 Å². The molecule has 0 fully saturated rings. The van der Waals surface area contributed by atoms with Crippen LogP contribution in [-0.2, 0) is 9.53 Å². The predicted octanol–water partition coefficient (Wildman–Crippen LogP) is 1.41. The number of hydrogen-bond donors (Lipinski definition) is 0. The molecule has 72 valence electrons. The molecule has 0 spiro atoms. The Balaban J connectivity index is 3.83. The summed E-state index contributed by atoms with van der Waals surface area (Å²) >= 11 is 2.33. The standard InChI is InChI=1S/C8H17INO2/c1-7(12-8(2)11)5-10(3,4)6-9/h7H,5-6H2,1-4H3/q+1. The minimum atomic E-state index is -0.198. The van der Waals surface area contributed by atoms with Crippen LogP contribution in [0.25, 0.3) is 0 Å². The van der Waals surface area contributed by atoms with Crippen LogP contribution in [0.3, 0.4) is 0 Å². The Morgan fingerprint density at radius 1 is 1.58 bits per heavy atom. The first-order chi connectivity index (χ1) is 5.37. The average molecular weight is 286 g/mol. The summed E-state index contributed by atoms with van der Waals surface area (Å²) in [5, 5.41) is 0. The summed E-state index contributed by atoms with van der Waals surface area (Å²) in [5.74, 6) is -0.198. The van der Waals surface area contributed by atoms with E-state index in [-0.39, 0.29) is 12.1 Å². The van der Waals surface area contributed by atoms with Crippen LogP contribution in [0.15, 0.2) is 0 Å². The van der Waals surface area contributed by atoms with E-state index in [0.29, 0.717) is 0 Å². The highest BCUT2D eigenvalue weighted by molar-refractivity contribution is 14.1. The van der Waals surface area contributed by atoms with Crippen molar-refractivity contribution < 1.29 is 14.0 Å². The topological polar surface area (TPSA) is 26.3 Å². The lowest BCUT2D eigenvalue weighted by Crippen LogP contribution is -2.44. The van der Waals surface area contributed by atoms with Crippen LogP contribution in [0.4, 0.5) is 0 Å². The second kappa shape index (κ2) is 5.01. The molecule has 1 atom stereocenters. The molecule has 0 aliphatic rings. The Kier molecular flexibility index (Phi) is 5.08. The van der Waals surface area contributed by atoms with Gasteiger partial charge in [-0.1, -0.05) is 0 Å². The van der Waals surface area contributed by atoms with Crippen molar-refractivity contribution in [2.45, 2.75) is 20.0 Å². The third-order valence-electron chi connectivity index (χ3n) is 1.44. The molecule has 0 aromatic rings. The highest BCUT2D eigenvalue weighted by Crippen LogP contribution is 2.05. The van der Waals surface area contributed by atoms with E-state index in [9.17, 15) is 4.79 Å². The first-order valence-electron chi connectivity index (χ1n) is 3.92. The number of carbonyl (C=O) groups excluding carboxylic acids is 1. The van der Waals surface area contributed by atoms with E-state index in [4.69, 9.17) is 4.74 Å². The Labute approximate surface area is 87.8 Å². The fourth-order valence-corrected chi connectivity index (χ4v) is 1.34. The van der Waals surface area contributed by atoms with Crippen LogP contribution in [0.2, 0.25) is 0 Å². The monoisotopic (exact) mass is 286 g/mol. The molecule has 0 amide bonds. The SMILES string of the molecule is CC(=O)OC(C)C[N+](C)(C)CI. The quantitative estimate of drug-likeness (QED) is 0.257. The molecule has 0 aliphatic carbocycles. The summed E-state index contributed by atoms with van der Waals surface area (Å²) in [6.07, 6.45) is 0.00673. The van der Waals surface area contributed by atoms with Gasteiger partial charge in [-0.25, -0.2) is 0 Å². The molecule has 0 rings (SSSR count). The van der Waals surface area contributed by atoms with Gasteiger partial charge in [0, 0.05) is 6.92 Å².